The van der Waals surface area contributed by atoms with Crippen LogP contribution in [0.4, 0.5) is 0 Å². The maximum atomic E-state index is 13.0. The molecule has 0 aromatic carbocycles. The first-order valence-electron chi connectivity index (χ1n) is 9.78. The van der Waals surface area contributed by atoms with Gasteiger partial charge in [-0.15, -0.1) is 11.8 Å². The van der Waals surface area contributed by atoms with Crippen molar-refractivity contribution in [3.8, 4) is 5.75 Å². The molecule has 2 heterocycles. The predicted octanol–water partition coefficient (Wildman–Crippen LogP) is 2.32. The molecule has 9 heteroatoms. The summed E-state index contributed by atoms with van der Waals surface area (Å²) in [5.74, 6) is 1.11. The molecular weight excluding hydrogens is 392 g/mol. The summed E-state index contributed by atoms with van der Waals surface area (Å²) in [4.78, 5) is 33.7. The molecule has 1 amide bonds. The van der Waals surface area contributed by atoms with Crippen LogP contribution in [0.3, 0.4) is 0 Å². The number of aliphatic imine (C=N–C) groups is 2. The van der Waals surface area contributed by atoms with Crippen LogP contribution < -0.4 is 21.4 Å². The molecule has 0 radical (unpaired) electrons. The molecule has 1 aromatic rings. The Bertz CT molecular complexity index is 836. The highest BCUT2D eigenvalue weighted by atomic mass is 32.2. The number of nitrogens with zero attached hydrogens (tertiary/aromatic N) is 2. The van der Waals surface area contributed by atoms with E-state index in [9.17, 15) is 9.59 Å². The van der Waals surface area contributed by atoms with Gasteiger partial charge in [-0.05, 0) is 33.2 Å². The molecule has 1 aromatic heterocycles. The van der Waals surface area contributed by atoms with Gasteiger partial charge in [0.05, 0.1) is 24.4 Å². The van der Waals surface area contributed by atoms with Gasteiger partial charge in [0, 0.05) is 18.9 Å². The number of carbonyl (C=O) groups is 1. The fourth-order valence-electron chi connectivity index (χ4n) is 2.78. The van der Waals surface area contributed by atoms with Crippen LogP contribution in [0.2, 0.25) is 0 Å². The summed E-state index contributed by atoms with van der Waals surface area (Å²) in [6, 6.07) is 2.51. The maximum Gasteiger partial charge on any atom is 0.339 e. The lowest BCUT2D eigenvalue weighted by atomic mass is 10.0. The molecule has 2 rings (SSSR count). The molecule has 0 fully saturated rings. The van der Waals surface area contributed by atoms with Crippen molar-refractivity contribution in [1.29, 1.82) is 0 Å². The highest BCUT2D eigenvalue weighted by Gasteiger charge is 2.39. The highest BCUT2D eigenvalue weighted by molar-refractivity contribution is 8.16. The number of nitrogens with two attached hydrogens (primary N) is 1. The molecule has 1 aliphatic heterocycles. The van der Waals surface area contributed by atoms with Gasteiger partial charge in [0.1, 0.15) is 22.1 Å². The largest absolute Gasteiger partial charge is 0.493 e. The first-order valence-corrected chi connectivity index (χ1v) is 10.8. The van der Waals surface area contributed by atoms with E-state index in [1.54, 1.807) is 20.0 Å². The minimum Gasteiger partial charge on any atom is -0.493 e. The number of nitrogens with one attached hydrogen (secondary N) is 1. The summed E-state index contributed by atoms with van der Waals surface area (Å²) in [5.41, 5.74) is 4.88. The van der Waals surface area contributed by atoms with Crippen molar-refractivity contribution in [2.24, 2.45) is 15.7 Å². The summed E-state index contributed by atoms with van der Waals surface area (Å²) in [7, 11) is 1.70. The SMILES string of the molecule is CCC[C@@H](NC(=O)C1(C)CSC(C(C)=NC)=N1)c1cc(OCCCN)cc(=O)o1. The van der Waals surface area contributed by atoms with Crippen molar-refractivity contribution < 1.29 is 13.9 Å². The smallest absolute Gasteiger partial charge is 0.339 e. The topological polar surface area (TPSA) is 119 Å². The second-order valence-corrected chi connectivity index (χ2v) is 8.07. The zero-order valence-electron chi connectivity index (χ0n) is 17.5. The van der Waals surface area contributed by atoms with E-state index in [4.69, 9.17) is 14.9 Å². The molecule has 2 atom stereocenters. The Balaban J connectivity index is 2.21. The molecule has 1 aliphatic rings. The predicted molar refractivity (Wildman–Crippen MR) is 117 cm³/mol. The van der Waals surface area contributed by atoms with Crippen molar-refractivity contribution in [3.63, 3.8) is 0 Å². The van der Waals surface area contributed by atoms with Gasteiger partial charge in [-0.1, -0.05) is 13.3 Å². The molecule has 160 valence electrons. The van der Waals surface area contributed by atoms with Crippen molar-refractivity contribution >= 4 is 28.4 Å². The number of carbonyl (C=O) groups excluding carboxylic acids is 1. The number of hydrogen-bond acceptors (Lipinski definition) is 8. The molecular formula is C20H30N4O4S. The molecule has 0 aliphatic carbocycles. The van der Waals surface area contributed by atoms with Crippen molar-refractivity contribution in [1.82, 2.24) is 5.32 Å². The zero-order valence-corrected chi connectivity index (χ0v) is 18.3. The summed E-state index contributed by atoms with van der Waals surface area (Å²) in [6.45, 7) is 6.60. The Hall–Kier alpha value is -2.13. The molecule has 0 saturated carbocycles. The van der Waals surface area contributed by atoms with Crippen LogP contribution in [0, 0.1) is 0 Å². The molecule has 0 saturated heterocycles. The summed E-state index contributed by atoms with van der Waals surface area (Å²) >= 11 is 1.52. The minimum atomic E-state index is -0.895. The highest BCUT2D eigenvalue weighted by Crippen LogP contribution is 2.30. The Morgan fingerprint density at radius 2 is 2.28 bits per heavy atom. The van der Waals surface area contributed by atoms with Crippen LogP contribution in [-0.2, 0) is 4.79 Å². The monoisotopic (exact) mass is 422 g/mol. The first kappa shape index (κ1) is 23.2. The number of hydrogen-bond donors (Lipinski definition) is 2. The quantitative estimate of drug-likeness (QED) is 0.441. The summed E-state index contributed by atoms with van der Waals surface area (Å²) in [5, 5.41) is 3.79. The van der Waals surface area contributed by atoms with Gasteiger partial charge in [-0.2, -0.15) is 0 Å². The molecule has 1 unspecified atom stereocenters. The van der Waals surface area contributed by atoms with Crippen LogP contribution in [0.1, 0.15) is 51.8 Å². The van der Waals surface area contributed by atoms with E-state index in [0.29, 0.717) is 43.3 Å². The van der Waals surface area contributed by atoms with Gasteiger partial charge in [0.2, 0.25) is 5.91 Å². The number of amides is 1. The third-order valence-corrected chi connectivity index (χ3v) is 5.95. The van der Waals surface area contributed by atoms with Crippen LogP contribution in [0.25, 0.3) is 0 Å². The van der Waals surface area contributed by atoms with Gasteiger partial charge in [-0.3, -0.25) is 14.8 Å². The van der Waals surface area contributed by atoms with Crippen molar-refractivity contribution in [3.05, 3.63) is 28.3 Å². The van der Waals surface area contributed by atoms with Crippen LogP contribution in [0.5, 0.6) is 5.75 Å². The number of ether oxygens (including phenoxy) is 1. The number of rotatable bonds is 10. The normalized spacial score (nSPS) is 20.3. The second-order valence-electron chi connectivity index (χ2n) is 7.11. The second kappa shape index (κ2) is 10.6. The Morgan fingerprint density at radius 1 is 1.52 bits per heavy atom. The van der Waals surface area contributed by atoms with Gasteiger partial charge >= 0.3 is 5.63 Å². The van der Waals surface area contributed by atoms with Crippen LogP contribution in [0.15, 0.2) is 31.3 Å². The van der Waals surface area contributed by atoms with E-state index in [2.05, 4.69) is 15.3 Å². The lowest BCUT2D eigenvalue weighted by Crippen LogP contribution is -2.45. The molecule has 0 spiro atoms. The third-order valence-electron chi connectivity index (χ3n) is 4.58. The fourth-order valence-corrected chi connectivity index (χ4v) is 3.96. The third kappa shape index (κ3) is 6.17. The van der Waals surface area contributed by atoms with Crippen molar-refractivity contribution in [2.45, 2.75) is 51.6 Å². The van der Waals surface area contributed by atoms with Gasteiger partial charge < -0.3 is 20.2 Å². The van der Waals surface area contributed by atoms with Crippen molar-refractivity contribution in [2.75, 3.05) is 26.0 Å². The minimum absolute atomic E-state index is 0.209. The van der Waals surface area contributed by atoms with E-state index >= 15 is 0 Å². The zero-order chi connectivity index (χ0) is 21.4. The average Bonchev–Trinajstić information content (AvgIpc) is 3.10. The lowest BCUT2D eigenvalue weighted by Gasteiger charge is -2.24. The summed E-state index contributed by atoms with van der Waals surface area (Å²) < 4.78 is 11.0. The Labute approximate surface area is 175 Å². The molecule has 8 nitrogen and oxygen atoms in total. The van der Waals surface area contributed by atoms with E-state index in [1.165, 1.54) is 17.8 Å². The molecule has 0 bridgehead atoms. The first-order chi connectivity index (χ1) is 13.8. The maximum absolute atomic E-state index is 13.0. The van der Waals surface area contributed by atoms with E-state index in [0.717, 1.165) is 17.2 Å². The van der Waals surface area contributed by atoms with Crippen LogP contribution in [-0.4, -0.2) is 48.2 Å². The molecule has 29 heavy (non-hydrogen) atoms. The van der Waals surface area contributed by atoms with E-state index < -0.39 is 17.2 Å². The lowest BCUT2D eigenvalue weighted by molar-refractivity contribution is -0.125. The van der Waals surface area contributed by atoms with E-state index in [1.807, 2.05) is 13.8 Å². The average molecular weight is 423 g/mol. The molecule has 3 N–H and O–H groups in total. The van der Waals surface area contributed by atoms with Gasteiger partial charge in [0.15, 0.2) is 0 Å². The Morgan fingerprint density at radius 3 is 2.93 bits per heavy atom. The number of thioether (sulfide) groups is 1. The van der Waals surface area contributed by atoms with E-state index in [-0.39, 0.29) is 5.91 Å². The summed E-state index contributed by atoms with van der Waals surface area (Å²) in [6.07, 6.45) is 2.10. The van der Waals surface area contributed by atoms with Crippen LogP contribution >= 0.6 is 11.8 Å². The standard InChI is InChI=1S/C20H30N4O4S/c1-5-7-15(16-10-14(11-17(25)28-16)27-9-6-8-21)23-19(26)20(3)12-29-18(24-20)13(2)22-4/h10-11,15H,5-9,12,21H2,1-4H3,(H,23,26)/t15-,20?/m1/s1. The van der Waals surface area contributed by atoms with Gasteiger partial charge in [-0.25, -0.2) is 4.79 Å². The Kier molecular flexibility index (Phi) is 8.45. The van der Waals surface area contributed by atoms with Gasteiger partial charge in [0.25, 0.3) is 0 Å². The fraction of sp³-hybridized carbons (Fsp3) is 0.600.